The van der Waals surface area contributed by atoms with Crippen LogP contribution in [0, 0.1) is 12.7 Å². The number of nitrogens with two attached hydrogens (primary N) is 1. The quantitative estimate of drug-likeness (QED) is 0.920. The summed E-state index contributed by atoms with van der Waals surface area (Å²) in [5.41, 5.74) is 9.05. The summed E-state index contributed by atoms with van der Waals surface area (Å²) < 4.78 is 13.3. The molecule has 2 N–H and O–H groups in total. The largest absolute Gasteiger partial charge is 0.369 e. The van der Waals surface area contributed by atoms with E-state index in [1.165, 1.54) is 11.6 Å². The molecule has 1 unspecified atom stereocenters. The molecule has 5 heteroatoms. The maximum atomic E-state index is 13.3. The first kappa shape index (κ1) is 13.9. The summed E-state index contributed by atoms with van der Waals surface area (Å²) in [5.74, 6) is 0.0403. The summed E-state index contributed by atoms with van der Waals surface area (Å²) in [5, 5.41) is 0.113. The first-order valence-corrected chi connectivity index (χ1v) is 7.05. The van der Waals surface area contributed by atoms with Crippen molar-refractivity contribution in [3.05, 3.63) is 64.4 Å². The van der Waals surface area contributed by atoms with Gasteiger partial charge in [-0.3, -0.25) is 4.99 Å². The van der Waals surface area contributed by atoms with E-state index in [2.05, 4.69) is 4.99 Å². The van der Waals surface area contributed by atoms with Crippen LogP contribution in [0.4, 0.5) is 10.1 Å². The molecule has 0 radical (unpaired) electrons. The molecule has 3 nitrogen and oxygen atoms in total. The molecule has 0 bridgehead atoms. The van der Waals surface area contributed by atoms with Gasteiger partial charge in [0.05, 0.1) is 17.6 Å². The first-order chi connectivity index (χ1) is 10.1. The number of benzene rings is 2. The maximum Gasteiger partial charge on any atom is 0.196 e. The summed E-state index contributed by atoms with van der Waals surface area (Å²) >= 11 is 5.88. The van der Waals surface area contributed by atoms with Crippen molar-refractivity contribution < 1.29 is 4.39 Å². The van der Waals surface area contributed by atoms with E-state index < -0.39 is 5.82 Å². The lowest BCUT2D eigenvalue weighted by Crippen LogP contribution is -2.36. The molecule has 108 valence electrons. The molecule has 0 saturated heterocycles. The predicted molar refractivity (Wildman–Crippen MR) is 84.3 cm³/mol. The Hall–Kier alpha value is -2.07. The Morgan fingerprint density at radius 2 is 1.95 bits per heavy atom. The summed E-state index contributed by atoms with van der Waals surface area (Å²) in [6.07, 6.45) is 0. The lowest BCUT2D eigenvalue weighted by Gasteiger charge is -2.27. The molecule has 1 atom stereocenters. The Kier molecular flexibility index (Phi) is 3.55. The zero-order valence-electron chi connectivity index (χ0n) is 11.6. The molecule has 2 aromatic carbocycles. The Balaban J connectivity index is 1.98. The molecule has 1 heterocycles. The highest BCUT2D eigenvalue weighted by atomic mass is 35.5. The fraction of sp³-hybridized carbons (Fsp3) is 0.188. The van der Waals surface area contributed by atoms with E-state index >= 15 is 0 Å². The number of anilines is 1. The molecule has 0 spiro atoms. The average Bonchev–Trinajstić information content (AvgIpc) is 2.85. The van der Waals surface area contributed by atoms with E-state index in [0.717, 1.165) is 11.3 Å². The first-order valence-electron chi connectivity index (χ1n) is 6.67. The van der Waals surface area contributed by atoms with Crippen molar-refractivity contribution in [3.8, 4) is 0 Å². The standard InChI is InChI=1S/C16H15ClFN3/c1-10-2-5-12(6-3-10)21-15(9-20-16(21)19)11-4-7-14(18)13(17)8-11/h2-8,15H,9H2,1H3,(H2,19,20). The van der Waals surface area contributed by atoms with Gasteiger partial charge in [-0.1, -0.05) is 35.4 Å². The van der Waals surface area contributed by atoms with Crippen LogP contribution < -0.4 is 10.6 Å². The molecule has 21 heavy (non-hydrogen) atoms. The second-order valence-electron chi connectivity index (χ2n) is 5.09. The van der Waals surface area contributed by atoms with Gasteiger partial charge >= 0.3 is 0 Å². The lowest BCUT2D eigenvalue weighted by molar-refractivity contribution is 0.626. The predicted octanol–water partition coefficient (Wildman–Crippen LogP) is 3.66. The molecular weight excluding hydrogens is 289 g/mol. The summed E-state index contributed by atoms with van der Waals surface area (Å²) in [4.78, 5) is 6.26. The zero-order valence-corrected chi connectivity index (χ0v) is 12.3. The van der Waals surface area contributed by atoms with E-state index in [1.807, 2.05) is 36.1 Å². The van der Waals surface area contributed by atoms with Crippen LogP contribution in [0.25, 0.3) is 0 Å². The molecular formula is C16H15ClFN3. The van der Waals surface area contributed by atoms with Gasteiger partial charge in [-0.15, -0.1) is 0 Å². The van der Waals surface area contributed by atoms with Crippen LogP contribution in [-0.2, 0) is 0 Å². The third-order valence-electron chi connectivity index (χ3n) is 3.63. The SMILES string of the molecule is Cc1ccc(N2C(N)=NCC2c2ccc(F)c(Cl)c2)cc1. The van der Waals surface area contributed by atoms with Crippen LogP contribution in [0.2, 0.25) is 5.02 Å². The molecule has 0 amide bonds. The fourth-order valence-corrected chi connectivity index (χ4v) is 2.68. The van der Waals surface area contributed by atoms with Crippen LogP contribution >= 0.6 is 11.6 Å². The number of hydrogen-bond acceptors (Lipinski definition) is 3. The molecule has 0 aromatic heterocycles. The molecule has 0 saturated carbocycles. The number of aliphatic imine (C=N–C) groups is 1. The maximum absolute atomic E-state index is 13.3. The number of guanidine groups is 1. The molecule has 3 rings (SSSR count). The minimum absolute atomic E-state index is 0.0641. The van der Waals surface area contributed by atoms with Crippen molar-refractivity contribution in [2.24, 2.45) is 10.7 Å². The van der Waals surface area contributed by atoms with E-state index in [1.54, 1.807) is 12.1 Å². The van der Waals surface area contributed by atoms with Crippen molar-refractivity contribution >= 4 is 23.2 Å². The van der Waals surface area contributed by atoms with Gasteiger partial charge < -0.3 is 10.6 Å². The molecule has 0 fully saturated rings. The summed E-state index contributed by atoms with van der Waals surface area (Å²) in [6.45, 7) is 2.56. The number of halogens is 2. The Morgan fingerprint density at radius 1 is 1.24 bits per heavy atom. The van der Waals surface area contributed by atoms with Crippen molar-refractivity contribution in [1.82, 2.24) is 0 Å². The van der Waals surface area contributed by atoms with Crippen LogP contribution in [0.15, 0.2) is 47.5 Å². The summed E-state index contributed by atoms with van der Waals surface area (Å²) in [7, 11) is 0. The smallest absolute Gasteiger partial charge is 0.196 e. The lowest BCUT2D eigenvalue weighted by atomic mass is 10.1. The van der Waals surface area contributed by atoms with Crippen LogP contribution in [-0.4, -0.2) is 12.5 Å². The number of nitrogens with zero attached hydrogens (tertiary/aromatic N) is 2. The zero-order chi connectivity index (χ0) is 15.0. The number of rotatable bonds is 2. The average molecular weight is 304 g/mol. The third-order valence-corrected chi connectivity index (χ3v) is 3.91. The molecule has 1 aliphatic rings. The van der Waals surface area contributed by atoms with E-state index in [9.17, 15) is 4.39 Å². The van der Waals surface area contributed by atoms with Crippen molar-refractivity contribution in [1.29, 1.82) is 0 Å². The van der Waals surface area contributed by atoms with Crippen molar-refractivity contribution in [2.45, 2.75) is 13.0 Å². The number of hydrogen-bond donors (Lipinski definition) is 1. The second kappa shape index (κ2) is 5.37. The van der Waals surface area contributed by atoms with Gasteiger partial charge in [0.15, 0.2) is 5.96 Å². The molecule has 2 aromatic rings. The van der Waals surface area contributed by atoms with Gasteiger partial charge in [0, 0.05) is 5.69 Å². The molecule has 1 aliphatic heterocycles. The highest BCUT2D eigenvalue weighted by Crippen LogP contribution is 2.32. The van der Waals surface area contributed by atoms with Gasteiger partial charge in [0.2, 0.25) is 0 Å². The monoisotopic (exact) mass is 303 g/mol. The Morgan fingerprint density at radius 3 is 2.62 bits per heavy atom. The second-order valence-corrected chi connectivity index (χ2v) is 5.50. The number of aryl methyl sites for hydroxylation is 1. The van der Waals surface area contributed by atoms with Gasteiger partial charge in [-0.25, -0.2) is 4.39 Å². The van der Waals surface area contributed by atoms with Gasteiger partial charge in [0.1, 0.15) is 5.82 Å². The Bertz CT molecular complexity index is 697. The normalized spacial score (nSPS) is 18.0. The minimum Gasteiger partial charge on any atom is -0.369 e. The Labute approximate surface area is 127 Å². The fourth-order valence-electron chi connectivity index (χ4n) is 2.49. The van der Waals surface area contributed by atoms with Crippen LogP contribution in [0.1, 0.15) is 17.2 Å². The van der Waals surface area contributed by atoms with Gasteiger partial charge in [-0.2, -0.15) is 0 Å². The van der Waals surface area contributed by atoms with Crippen molar-refractivity contribution in [2.75, 3.05) is 11.4 Å². The van der Waals surface area contributed by atoms with Gasteiger partial charge in [-0.05, 0) is 36.8 Å². The van der Waals surface area contributed by atoms with Crippen LogP contribution in [0.5, 0.6) is 0 Å². The topological polar surface area (TPSA) is 41.6 Å². The third kappa shape index (κ3) is 2.59. The van der Waals surface area contributed by atoms with Crippen molar-refractivity contribution in [3.63, 3.8) is 0 Å². The molecule has 0 aliphatic carbocycles. The highest BCUT2D eigenvalue weighted by molar-refractivity contribution is 6.30. The highest BCUT2D eigenvalue weighted by Gasteiger charge is 2.29. The van der Waals surface area contributed by atoms with Crippen LogP contribution in [0.3, 0.4) is 0 Å². The van der Waals surface area contributed by atoms with E-state index in [0.29, 0.717) is 12.5 Å². The van der Waals surface area contributed by atoms with E-state index in [-0.39, 0.29) is 11.1 Å². The minimum atomic E-state index is -0.422. The van der Waals surface area contributed by atoms with Gasteiger partial charge in [0.25, 0.3) is 0 Å². The van der Waals surface area contributed by atoms with E-state index in [4.69, 9.17) is 17.3 Å². The summed E-state index contributed by atoms with van der Waals surface area (Å²) in [6, 6.07) is 12.7.